The Labute approximate surface area is 210 Å². The van der Waals surface area contributed by atoms with Gasteiger partial charge in [-0.3, -0.25) is 4.90 Å². The largest absolute Gasteiger partial charge is 0.490 e. The normalized spacial score (nSPS) is 17.4. The molecule has 2 heterocycles. The standard InChI is InChI=1S/C29H37NO4.CH4/c1-5-31-26-14-21-20-13-19-11-9-10-12-30(19)18-25(20)24-17-29(34-8-4)28(33-7-3)16-23(24)22(21)15-27(26)32-6-2;/h14-17,19H,5-13,18H2,1-4H3;1H4. The Morgan fingerprint density at radius 3 is 1.60 bits per heavy atom. The molecule has 0 radical (unpaired) electrons. The van der Waals surface area contributed by atoms with Crippen LogP contribution in [0, 0.1) is 0 Å². The second-order valence-electron chi connectivity index (χ2n) is 9.20. The van der Waals surface area contributed by atoms with Crippen molar-refractivity contribution in [2.75, 3.05) is 33.0 Å². The zero-order valence-electron chi connectivity index (χ0n) is 21.0. The second-order valence-corrected chi connectivity index (χ2v) is 9.20. The molecule has 35 heavy (non-hydrogen) atoms. The van der Waals surface area contributed by atoms with Gasteiger partial charge in [-0.15, -0.1) is 0 Å². The smallest absolute Gasteiger partial charge is 0.161 e. The molecule has 5 heteroatoms. The van der Waals surface area contributed by atoms with Crippen molar-refractivity contribution in [2.45, 2.75) is 73.4 Å². The van der Waals surface area contributed by atoms with Gasteiger partial charge in [0.1, 0.15) is 0 Å². The number of piperidine rings is 1. The van der Waals surface area contributed by atoms with Crippen molar-refractivity contribution in [1.29, 1.82) is 0 Å². The first-order valence-corrected chi connectivity index (χ1v) is 13.0. The van der Waals surface area contributed by atoms with Crippen molar-refractivity contribution in [1.82, 2.24) is 4.90 Å². The van der Waals surface area contributed by atoms with Gasteiger partial charge < -0.3 is 18.9 Å². The van der Waals surface area contributed by atoms with Crippen molar-refractivity contribution in [2.24, 2.45) is 0 Å². The molecule has 1 atom stereocenters. The number of rotatable bonds is 8. The molecule has 2 aliphatic heterocycles. The van der Waals surface area contributed by atoms with E-state index in [4.69, 9.17) is 18.9 Å². The number of fused-ring (bicyclic) bond motifs is 7. The van der Waals surface area contributed by atoms with E-state index in [0.29, 0.717) is 32.5 Å². The Bertz CT molecular complexity index is 1100. The highest BCUT2D eigenvalue weighted by Crippen LogP contribution is 2.46. The van der Waals surface area contributed by atoms with Crippen LogP contribution >= 0.6 is 0 Å². The van der Waals surface area contributed by atoms with Gasteiger partial charge in [-0.1, -0.05) is 13.8 Å². The number of nitrogens with zero attached hydrogens (tertiary/aromatic N) is 1. The maximum Gasteiger partial charge on any atom is 0.161 e. The Hall–Kier alpha value is -2.66. The summed E-state index contributed by atoms with van der Waals surface area (Å²) in [7, 11) is 0. The Morgan fingerprint density at radius 2 is 1.11 bits per heavy atom. The molecule has 5 rings (SSSR count). The maximum absolute atomic E-state index is 6.04. The highest BCUT2D eigenvalue weighted by molar-refractivity contribution is 6.12. The lowest BCUT2D eigenvalue weighted by molar-refractivity contribution is 0.128. The molecule has 0 amide bonds. The van der Waals surface area contributed by atoms with E-state index in [1.54, 1.807) is 0 Å². The summed E-state index contributed by atoms with van der Waals surface area (Å²) in [5.74, 6) is 3.27. The average Bonchev–Trinajstić information content (AvgIpc) is 2.85. The molecular weight excluding hydrogens is 438 g/mol. The molecule has 1 unspecified atom stereocenters. The van der Waals surface area contributed by atoms with E-state index in [2.05, 4.69) is 29.2 Å². The van der Waals surface area contributed by atoms with Gasteiger partial charge in [0.15, 0.2) is 23.0 Å². The lowest BCUT2D eigenvalue weighted by atomic mass is 9.82. The van der Waals surface area contributed by atoms with Crippen LogP contribution in [-0.2, 0) is 13.0 Å². The highest BCUT2D eigenvalue weighted by Gasteiger charge is 2.31. The van der Waals surface area contributed by atoms with Crippen LogP contribution in [0.25, 0.3) is 21.5 Å². The van der Waals surface area contributed by atoms with Gasteiger partial charge >= 0.3 is 0 Å². The monoisotopic (exact) mass is 479 g/mol. The summed E-state index contributed by atoms with van der Waals surface area (Å²) in [5.41, 5.74) is 2.89. The third-order valence-electron chi connectivity index (χ3n) is 7.22. The van der Waals surface area contributed by atoms with Crippen LogP contribution in [0.5, 0.6) is 23.0 Å². The maximum atomic E-state index is 6.04. The molecule has 5 nitrogen and oxygen atoms in total. The molecule has 1 fully saturated rings. The molecule has 2 aliphatic rings. The fourth-order valence-electron chi connectivity index (χ4n) is 5.82. The van der Waals surface area contributed by atoms with Crippen molar-refractivity contribution in [3.8, 4) is 23.0 Å². The van der Waals surface area contributed by atoms with Gasteiger partial charge in [-0.2, -0.15) is 0 Å². The van der Waals surface area contributed by atoms with E-state index in [1.165, 1.54) is 58.5 Å². The summed E-state index contributed by atoms with van der Waals surface area (Å²) < 4.78 is 24.1. The van der Waals surface area contributed by atoms with Crippen LogP contribution in [0.3, 0.4) is 0 Å². The van der Waals surface area contributed by atoms with E-state index in [-0.39, 0.29) is 7.43 Å². The minimum Gasteiger partial charge on any atom is -0.490 e. The molecule has 0 spiro atoms. The zero-order chi connectivity index (χ0) is 23.7. The quantitative estimate of drug-likeness (QED) is 0.321. The van der Waals surface area contributed by atoms with Gasteiger partial charge in [-0.25, -0.2) is 0 Å². The molecular formula is C30H41NO4. The van der Waals surface area contributed by atoms with E-state index in [1.807, 2.05) is 27.7 Å². The lowest BCUT2D eigenvalue weighted by Gasteiger charge is -2.41. The van der Waals surface area contributed by atoms with E-state index in [9.17, 15) is 0 Å². The van der Waals surface area contributed by atoms with Crippen molar-refractivity contribution >= 4 is 21.5 Å². The average molecular weight is 480 g/mol. The Morgan fingerprint density at radius 1 is 0.657 bits per heavy atom. The highest BCUT2D eigenvalue weighted by atomic mass is 16.5. The fraction of sp³-hybridized carbons (Fsp3) is 0.533. The number of ether oxygens (including phenoxy) is 4. The van der Waals surface area contributed by atoms with Crippen molar-refractivity contribution < 1.29 is 18.9 Å². The summed E-state index contributed by atoms with van der Waals surface area (Å²) in [4.78, 5) is 2.69. The summed E-state index contributed by atoms with van der Waals surface area (Å²) >= 11 is 0. The van der Waals surface area contributed by atoms with Crippen LogP contribution in [0.4, 0.5) is 0 Å². The first kappa shape index (κ1) is 25.4. The van der Waals surface area contributed by atoms with Gasteiger partial charge in [0.05, 0.1) is 26.4 Å². The second kappa shape index (κ2) is 10.9. The van der Waals surface area contributed by atoms with Crippen molar-refractivity contribution in [3.63, 3.8) is 0 Å². The Kier molecular flexibility index (Phi) is 7.95. The minimum atomic E-state index is 0. The summed E-state index contributed by atoms with van der Waals surface area (Å²) in [6.07, 6.45) is 4.98. The topological polar surface area (TPSA) is 40.2 Å². The van der Waals surface area contributed by atoms with E-state index < -0.39 is 0 Å². The van der Waals surface area contributed by atoms with Crippen LogP contribution in [0.15, 0.2) is 24.3 Å². The third kappa shape index (κ3) is 4.63. The minimum absolute atomic E-state index is 0. The zero-order valence-corrected chi connectivity index (χ0v) is 21.0. The molecule has 3 aromatic carbocycles. The molecule has 1 saturated heterocycles. The van der Waals surface area contributed by atoms with Crippen LogP contribution in [0.1, 0.15) is 65.5 Å². The Balaban J connectivity index is 0.00000289. The first-order valence-electron chi connectivity index (χ1n) is 13.0. The van der Waals surface area contributed by atoms with Crippen LogP contribution in [0.2, 0.25) is 0 Å². The molecule has 0 aliphatic carbocycles. The lowest BCUT2D eigenvalue weighted by Crippen LogP contribution is -2.43. The first-order chi connectivity index (χ1) is 16.7. The number of hydrogen-bond donors (Lipinski definition) is 0. The summed E-state index contributed by atoms with van der Waals surface area (Å²) in [6, 6.07) is 9.40. The SMILES string of the molecule is C.CCOc1cc2c3c(c4cc(OCC)c(OCC)cc4c2cc1OCC)CN1CCCCC1C3. The molecule has 0 aromatic heterocycles. The molecule has 0 N–H and O–H groups in total. The predicted octanol–water partition coefficient (Wildman–Crippen LogP) is 7.13. The van der Waals surface area contributed by atoms with Crippen LogP contribution in [-0.4, -0.2) is 43.9 Å². The summed E-state index contributed by atoms with van der Waals surface area (Å²) in [5, 5.41) is 4.95. The van der Waals surface area contributed by atoms with Gasteiger partial charge in [-0.05, 0) is 110 Å². The molecule has 3 aromatic rings. The molecule has 0 saturated carbocycles. The van der Waals surface area contributed by atoms with Crippen LogP contribution < -0.4 is 18.9 Å². The molecule has 0 bridgehead atoms. The number of benzene rings is 3. The third-order valence-corrected chi connectivity index (χ3v) is 7.22. The fourth-order valence-corrected chi connectivity index (χ4v) is 5.82. The number of hydrogen-bond acceptors (Lipinski definition) is 5. The van der Waals surface area contributed by atoms with Crippen molar-refractivity contribution in [3.05, 3.63) is 35.4 Å². The van der Waals surface area contributed by atoms with Gasteiger partial charge in [0, 0.05) is 12.6 Å². The van der Waals surface area contributed by atoms with E-state index >= 15 is 0 Å². The van der Waals surface area contributed by atoms with Gasteiger partial charge in [0.2, 0.25) is 0 Å². The molecule has 190 valence electrons. The van der Waals surface area contributed by atoms with E-state index in [0.717, 1.165) is 36.0 Å². The summed E-state index contributed by atoms with van der Waals surface area (Å²) in [6.45, 7) is 12.7. The predicted molar refractivity (Wildman–Crippen MR) is 145 cm³/mol. The van der Waals surface area contributed by atoms with Gasteiger partial charge in [0.25, 0.3) is 0 Å².